The van der Waals surface area contributed by atoms with Crippen molar-refractivity contribution in [1.82, 2.24) is 4.57 Å². The molecular weight excluding hydrogens is 468 g/mol. The van der Waals surface area contributed by atoms with E-state index in [0.717, 1.165) is 0 Å². The van der Waals surface area contributed by atoms with E-state index in [1.54, 1.807) is 6.20 Å². The number of fused-ring (bicyclic) bond motifs is 1. The first-order valence-electron chi connectivity index (χ1n) is 7.14. The van der Waals surface area contributed by atoms with Gasteiger partial charge in [-0.15, -0.1) is 13.2 Å². The Morgan fingerprint density at radius 2 is 1.88 bits per heavy atom. The summed E-state index contributed by atoms with van der Waals surface area (Å²) in [6.07, 6.45) is -3.21. The lowest BCUT2D eigenvalue weighted by atomic mass is 10.2. The second-order valence-electron chi connectivity index (χ2n) is 5.42. The summed E-state index contributed by atoms with van der Waals surface area (Å²) in [5, 5.41) is 22.3. The van der Waals surface area contributed by atoms with Crippen molar-refractivity contribution in [2.75, 3.05) is 0 Å². The average Bonchev–Trinajstić information content (AvgIpc) is 2.84. The van der Waals surface area contributed by atoms with Crippen LogP contribution in [0.1, 0.15) is 5.56 Å². The molecule has 0 spiro atoms. The monoisotopic (exact) mass is 478 g/mol. The molecule has 10 heteroatoms. The molecule has 136 valence electrons. The van der Waals surface area contributed by atoms with Gasteiger partial charge in [-0.2, -0.15) is 0 Å². The summed E-state index contributed by atoms with van der Waals surface area (Å²) in [6, 6.07) is 7.96. The Bertz CT molecular complexity index is 984. The lowest BCUT2D eigenvalue weighted by Crippen LogP contribution is -2.17. The number of nitro groups is 1. The van der Waals surface area contributed by atoms with Crippen LogP contribution in [0.25, 0.3) is 10.8 Å². The fourth-order valence-corrected chi connectivity index (χ4v) is 3.41. The van der Waals surface area contributed by atoms with Gasteiger partial charge in [0.1, 0.15) is 5.75 Å². The van der Waals surface area contributed by atoms with Gasteiger partial charge in [0.2, 0.25) is 0 Å². The van der Waals surface area contributed by atoms with Gasteiger partial charge in [-0.05, 0) is 40.3 Å². The van der Waals surface area contributed by atoms with Crippen molar-refractivity contribution in [2.45, 2.75) is 12.9 Å². The molecule has 0 unspecified atom stereocenters. The molecule has 0 fully saturated rings. The Morgan fingerprint density at radius 1 is 1.23 bits per heavy atom. The maximum absolute atomic E-state index is 12.2. The maximum Gasteiger partial charge on any atom is 0.573 e. The van der Waals surface area contributed by atoms with E-state index in [1.165, 1.54) is 41.0 Å². The number of hydrogen-bond donors (Lipinski definition) is 1. The topological polar surface area (TPSA) is 77.5 Å². The van der Waals surface area contributed by atoms with E-state index in [1.807, 2.05) is 22.6 Å². The highest BCUT2D eigenvalue weighted by Crippen LogP contribution is 2.35. The SMILES string of the molecule is O=[N+]([O-])c1cc(I)c2c(O)n(Cc3ccc(OC(F)(F)F)cc3)cc2c1. The molecule has 0 saturated carbocycles. The standard InChI is InChI=1S/C16H10F3IN2O4/c17-16(18,19)26-12-3-1-9(2-4-12)7-21-8-10-5-11(22(24)25)6-13(20)14(10)15(21)23/h1-6,8,23H,7H2. The zero-order valence-electron chi connectivity index (χ0n) is 12.8. The minimum atomic E-state index is -4.76. The molecule has 26 heavy (non-hydrogen) atoms. The predicted octanol–water partition coefficient (Wildman–Crippen LogP) is 4.81. The van der Waals surface area contributed by atoms with Crippen LogP contribution >= 0.6 is 22.6 Å². The highest BCUT2D eigenvalue weighted by Gasteiger charge is 2.31. The summed E-state index contributed by atoms with van der Waals surface area (Å²) in [7, 11) is 0. The molecule has 0 aliphatic carbocycles. The molecule has 0 amide bonds. The first-order chi connectivity index (χ1) is 12.1. The molecule has 1 heterocycles. The molecule has 0 saturated heterocycles. The lowest BCUT2D eigenvalue weighted by molar-refractivity contribution is -0.384. The van der Waals surface area contributed by atoms with Gasteiger partial charge in [0.05, 0.1) is 16.9 Å². The third kappa shape index (κ3) is 3.84. The summed E-state index contributed by atoms with van der Waals surface area (Å²) >= 11 is 1.90. The molecule has 1 N–H and O–H groups in total. The van der Waals surface area contributed by atoms with Crippen molar-refractivity contribution in [1.29, 1.82) is 0 Å². The Labute approximate surface area is 158 Å². The van der Waals surface area contributed by atoms with Gasteiger partial charge >= 0.3 is 6.36 Å². The number of nitro benzene ring substituents is 1. The van der Waals surface area contributed by atoms with Crippen molar-refractivity contribution >= 4 is 39.1 Å². The molecule has 0 aliphatic rings. The second kappa shape index (κ2) is 6.67. The highest BCUT2D eigenvalue weighted by molar-refractivity contribution is 14.1. The summed E-state index contributed by atoms with van der Waals surface area (Å²) in [5.41, 5.74) is 0.535. The van der Waals surface area contributed by atoms with Crippen molar-refractivity contribution in [3.05, 3.63) is 61.8 Å². The number of aromatic hydroxyl groups is 1. The smallest absolute Gasteiger partial charge is 0.494 e. The molecule has 3 rings (SSSR count). The number of nitrogens with zero attached hydrogens (tertiary/aromatic N) is 2. The average molecular weight is 478 g/mol. The van der Waals surface area contributed by atoms with E-state index < -0.39 is 11.3 Å². The van der Waals surface area contributed by atoms with Crippen LogP contribution in [0.2, 0.25) is 0 Å². The van der Waals surface area contributed by atoms with Crippen LogP contribution in [0, 0.1) is 13.7 Å². The van der Waals surface area contributed by atoms with E-state index >= 15 is 0 Å². The van der Waals surface area contributed by atoms with Crippen molar-refractivity contribution in [2.24, 2.45) is 0 Å². The van der Waals surface area contributed by atoms with E-state index in [9.17, 15) is 28.4 Å². The Hall–Kier alpha value is -2.50. The number of halogens is 4. The second-order valence-corrected chi connectivity index (χ2v) is 6.58. The fraction of sp³-hybridized carbons (Fsp3) is 0.125. The number of ether oxygens (including phenoxy) is 1. The highest BCUT2D eigenvalue weighted by atomic mass is 127. The zero-order valence-corrected chi connectivity index (χ0v) is 15.0. The van der Waals surface area contributed by atoms with Gasteiger partial charge in [-0.1, -0.05) is 12.1 Å². The normalized spacial score (nSPS) is 11.7. The Kier molecular flexibility index (Phi) is 4.69. The number of alkyl halides is 3. The molecule has 0 atom stereocenters. The van der Waals surface area contributed by atoms with Gasteiger partial charge in [0, 0.05) is 27.3 Å². The van der Waals surface area contributed by atoms with Crippen LogP contribution < -0.4 is 4.74 Å². The van der Waals surface area contributed by atoms with E-state index in [0.29, 0.717) is 19.9 Å². The number of aromatic nitrogens is 1. The number of benzene rings is 2. The van der Waals surface area contributed by atoms with Crippen LogP contribution in [-0.2, 0) is 6.54 Å². The summed E-state index contributed by atoms with van der Waals surface area (Å²) in [4.78, 5) is 10.4. The van der Waals surface area contributed by atoms with Gasteiger partial charge in [0.25, 0.3) is 5.69 Å². The third-order valence-electron chi connectivity index (χ3n) is 3.62. The van der Waals surface area contributed by atoms with Crippen LogP contribution in [0.5, 0.6) is 11.6 Å². The zero-order chi connectivity index (χ0) is 19.1. The minimum absolute atomic E-state index is 0.0742. The first kappa shape index (κ1) is 18.3. The first-order valence-corrected chi connectivity index (χ1v) is 8.22. The van der Waals surface area contributed by atoms with Gasteiger partial charge in [-0.3, -0.25) is 10.1 Å². The molecule has 6 nitrogen and oxygen atoms in total. The van der Waals surface area contributed by atoms with Crippen LogP contribution in [-0.4, -0.2) is 21.0 Å². The number of rotatable bonds is 4. The predicted molar refractivity (Wildman–Crippen MR) is 95.2 cm³/mol. The summed E-state index contributed by atoms with van der Waals surface area (Å²) in [5.74, 6) is -0.414. The quantitative estimate of drug-likeness (QED) is 0.332. The Morgan fingerprint density at radius 3 is 2.46 bits per heavy atom. The minimum Gasteiger partial charge on any atom is -0.494 e. The van der Waals surface area contributed by atoms with E-state index in [2.05, 4.69) is 4.74 Å². The summed E-state index contributed by atoms with van der Waals surface area (Å²) < 4.78 is 42.3. The molecular formula is C16H10F3IN2O4. The Balaban J connectivity index is 1.90. The van der Waals surface area contributed by atoms with E-state index in [-0.39, 0.29) is 23.9 Å². The molecule has 0 radical (unpaired) electrons. The molecule has 2 aromatic carbocycles. The maximum atomic E-state index is 12.2. The van der Waals surface area contributed by atoms with Crippen molar-refractivity contribution in [3.63, 3.8) is 0 Å². The van der Waals surface area contributed by atoms with Crippen LogP contribution in [0.15, 0.2) is 42.6 Å². The van der Waals surface area contributed by atoms with Gasteiger partial charge in [-0.25, -0.2) is 0 Å². The van der Waals surface area contributed by atoms with Gasteiger partial charge < -0.3 is 14.4 Å². The molecule has 3 aromatic rings. The summed E-state index contributed by atoms with van der Waals surface area (Å²) in [6.45, 7) is 0.177. The van der Waals surface area contributed by atoms with E-state index in [4.69, 9.17) is 0 Å². The molecule has 0 aliphatic heterocycles. The fourth-order valence-electron chi connectivity index (χ4n) is 2.54. The number of hydrogen-bond acceptors (Lipinski definition) is 4. The van der Waals surface area contributed by atoms with Crippen LogP contribution in [0.4, 0.5) is 18.9 Å². The molecule has 0 bridgehead atoms. The van der Waals surface area contributed by atoms with Crippen molar-refractivity contribution in [3.8, 4) is 11.6 Å². The lowest BCUT2D eigenvalue weighted by Gasteiger charge is -2.10. The number of non-ortho nitro benzene ring substituents is 1. The van der Waals surface area contributed by atoms with Crippen LogP contribution in [0.3, 0.4) is 0 Å². The molecule has 1 aromatic heterocycles. The third-order valence-corrected chi connectivity index (χ3v) is 4.47. The largest absolute Gasteiger partial charge is 0.573 e. The van der Waals surface area contributed by atoms with Crippen molar-refractivity contribution < 1.29 is 27.9 Å². The van der Waals surface area contributed by atoms with Gasteiger partial charge in [0.15, 0.2) is 5.88 Å².